The summed E-state index contributed by atoms with van der Waals surface area (Å²) in [5.74, 6) is 0. The van der Waals surface area contributed by atoms with E-state index in [1.165, 1.54) is 0 Å². The minimum Gasteiger partial charge on any atom is -0.313 e. The largest absolute Gasteiger partial charge is 0.313 e. The molecule has 112 valence electrons. The number of pyridine rings is 1. The first-order valence-corrected chi connectivity index (χ1v) is 7.31. The number of hydrogen-bond donors (Lipinski definition) is 2. The Balaban J connectivity index is 0.00000200. The molecule has 1 fully saturated rings. The van der Waals surface area contributed by atoms with Crippen molar-refractivity contribution in [3.8, 4) is 0 Å². The zero-order valence-corrected chi connectivity index (χ0v) is 12.1. The fourth-order valence-corrected chi connectivity index (χ4v) is 2.86. The molecule has 0 radical (unpaired) electrons. The molecule has 20 heavy (non-hydrogen) atoms. The Bertz CT molecular complexity index is 557. The van der Waals surface area contributed by atoms with E-state index in [-0.39, 0.29) is 29.2 Å². The maximum atomic E-state index is 11.9. The SMILES string of the molecule is Cl.O=[N+]([O-])c1ccc(S(=O)(=O)NCC2CCCN2)nc1. The summed E-state index contributed by atoms with van der Waals surface area (Å²) in [6, 6.07) is 2.38. The van der Waals surface area contributed by atoms with Crippen LogP contribution in [0.3, 0.4) is 0 Å². The van der Waals surface area contributed by atoms with Gasteiger partial charge in [0, 0.05) is 18.7 Å². The highest BCUT2D eigenvalue weighted by atomic mass is 35.5. The molecule has 1 atom stereocenters. The van der Waals surface area contributed by atoms with Crippen LogP contribution >= 0.6 is 12.4 Å². The summed E-state index contributed by atoms with van der Waals surface area (Å²) in [5.41, 5.74) is -0.239. The van der Waals surface area contributed by atoms with E-state index in [0.717, 1.165) is 37.7 Å². The Morgan fingerprint density at radius 1 is 1.50 bits per heavy atom. The Hall–Kier alpha value is -1.29. The smallest absolute Gasteiger partial charge is 0.287 e. The van der Waals surface area contributed by atoms with Gasteiger partial charge in [0.15, 0.2) is 5.03 Å². The van der Waals surface area contributed by atoms with Crippen LogP contribution in [0.15, 0.2) is 23.4 Å². The Labute approximate surface area is 122 Å². The zero-order chi connectivity index (χ0) is 13.9. The van der Waals surface area contributed by atoms with Crippen LogP contribution in [0.1, 0.15) is 12.8 Å². The van der Waals surface area contributed by atoms with Crippen molar-refractivity contribution in [1.29, 1.82) is 0 Å². The fraction of sp³-hybridized carbons (Fsp3) is 0.500. The van der Waals surface area contributed by atoms with E-state index in [1.807, 2.05) is 0 Å². The number of nitrogens with zero attached hydrogens (tertiary/aromatic N) is 2. The van der Waals surface area contributed by atoms with Gasteiger partial charge in [0.25, 0.3) is 15.7 Å². The van der Waals surface area contributed by atoms with Crippen molar-refractivity contribution in [2.75, 3.05) is 13.1 Å². The standard InChI is InChI=1S/C10H14N4O4S.ClH/c15-14(16)9-3-4-10(12-7-9)19(17,18)13-6-8-2-1-5-11-8;/h3-4,7-8,11,13H,1-2,5-6H2;1H. The second-order valence-electron chi connectivity index (χ2n) is 4.26. The van der Waals surface area contributed by atoms with Crippen LogP contribution < -0.4 is 10.0 Å². The molecule has 1 saturated heterocycles. The summed E-state index contributed by atoms with van der Waals surface area (Å²) in [5, 5.41) is 13.4. The summed E-state index contributed by atoms with van der Waals surface area (Å²) in [6.07, 6.45) is 2.89. The van der Waals surface area contributed by atoms with Crippen molar-refractivity contribution >= 4 is 28.1 Å². The van der Waals surface area contributed by atoms with Gasteiger partial charge >= 0.3 is 0 Å². The number of hydrogen-bond acceptors (Lipinski definition) is 6. The summed E-state index contributed by atoms with van der Waals surface area (Å²) >= 11 is 0. The molecule has 0 aliphatic carbocycles. The molecular formula is C10H15ClN4O4S. The normalized spacial score (nSPS) is 18.5. The quantitative estimate of drug-likeness (QED) is 0.600. The van der Waals surface area contributed by atoms with Gasteiger partial charge in [-0.2, -0.15) is 0 Å². The Morgan fingerprint density at radius 2 is 2.25 bits per heavy atom. The molecule has 8 nitrogen and oxygen atoms in total. The van der Waals surface area contributed by atoms with Crippen molar-refractivity contribution in [2.24, 2.45) is 0 Å². The average Bonchev–Trinajstić information content (AvgIpc) is 2.90. The average molecular weight is 323 g/mol. The van der Waals surface area contributed by atoms with Gasteiger partial charge < -0.3 is 5.32 Å². The van der Waals surface area contributed by atoms with Crippen LogP contribution in [0.25, 0.3) is 0 Å². The second-order valence-corrected chi connectivity index (χ2v) is 5.97. The lowest BCUT2D eigenvalue weighted by molar-refractivity contribution is -0.385. The maximum Gasteiger partial charge on any atom is 0.287 e. The van der Waals surface area contributed by atoms with Crippen molar-refractivity contribution in [3.05, 3.63) is 28.4 Å². The van der Waals surface area contributed by atoms with Gasteiger partial charge in [-0.15, -0.1) is 12.4 Å². The van der Waals surface area contributed by atoms with E-state index in [9.17, 15) is 18.5 Å². The Kier molecular flexibility index (Phi) is 5.81. The first-order chi connectivity index (χ1) is 8.99. The number of sulfonamides is 1. The minimum absolute atomic E-state index is 0. The molecule has 1 unspecified atom stereocenters. The fourth-order valence-electron chi connectivity index (χ4n) is 1.85. The highest BCUT2D eigenvalue weighted by Crippen LogP contribution is 2.12. The van der Waals surface area contributed by atoms with Crippen LogP contribution in [-0.4, -0.2) is 37.5 Å². The molecule has 0 amide bonds. The van der Waals surface area contributed by atoms with E-state index in [1.54, 1.807) is 0 Å². The van der Waals surface area contributed by atoms with E-state index < -0.39 is 14.9 Å². The monoisotopic (exact) mass is 322 g/mol. The minimum atomic E-state index is -3.71. The molecule has 1 aliphatic heterocycles. The molecule has 2 N–H and O–H groups in total. The van der Waals surface area contributed by atoms with Crippen molar-refractivity contribution in [3.63, 3.8) is 0 Å². The molecule has 0 bridgehead atoms. The number of halogens is 1. The molecule has 1 aromatic rings. The van der Waals surface area contributed by atoms with Crippen LogP contribution in [0.4, 0.5) is 5.69 Å². The summed E-state index contributed by atoms with van der Waals surface area (Å²) < 4.78 is 26.2. The summed E-state index contributed by atoms with van der Waals surface area (Å²) in [6.45, 7) is 1.18. The van der Waals surface area contributed by atoms with Gasteiger partial charge in [0.1, 0.15) is 6.20 Å². The van der Waals surface area contributed by atoms with Crippen LogP contribution in [0.2, 0.25) is 0 Å². The number of nitrogens with one attached hydrogen (secondary N) is 2. The van der Waals surface area contributed by atoms with E-state index in [0.29, 0.717) is 6.54 Å². The van der Waals surface area contributed by atoms with E-state index >= 15 is 0 Å². The van der Waals surface area contributed by atoms with E-state index in [4.69, 9.17) is 0 Å². The van der Waals surface area contributed by atoms with Crippen molar-refractivity contribution in [1.82, 2.24) is 15.0 Å². The number of nitro groups is 1. The topological polar surface area (TPSA) is 114 Å². The lowest BCUT2D eigenvalue weighted by Gasteiger charge is -2.11. The second kappa shape index (κ2) is 6.93. The van der Waals surface area contributed by atoms with Gasteiger partial charge in [-0.25, -0.2) is 18.1 Å². The van der Waals surface area contributed by atoms with Gasteiger partial charge in [-0.1, -0.05) is 0 Å². The van der Waals surface area contributed by atoms with Crippen LogP contribution in [0.5, 0.6) is 0 Å². The van der Waals surface area contributed by atoms with Crippen molar-refractivity contribution < 1.29 is 13.3 Å². The van der Waals surface area contributed by atoms with Gasteiger partial charge in [0.05, 0.1) is 4.92 Å². The molecular weight excluding hydrogens is 308 g/mol. The highest BCUT2D eigenvalue weighted by molar-refractivity contribution is 7.89. The predicted octanol–water partition coefficient (Wildman–Crippen LogP) is 0.442. The first kappa shape index (κ1) is 16.8. The zero-order valence-electron chi connectivity index (χ0n) is 10.5. The molecule has 2 heterocycles. The lowest BCUT2D eigenvalue weighted by atomic mass is 10.2. The van der Waals surface area contributed by atoms with Crippen LogP contribution in [0, 0.1) is 10.1 Å². The van der Waals surface area contributed by atoms with Gasteiger partial charge in [0.2, 0.25) is 0 Å². The third-order valence-corrected chi connectivity index (χ3v) is 4.23. The highest BCUT2D eigenvalue weighted by Gasteiger charge is 2.20. The van der Waals surface area contributed by atoms with Gasteiger partial charge in [-0.05, 0) is 25.5 Å². The van der Waals surface area contributed by atoms with Gasteiger partial charge in [-0.3, -0.25) is 10.1 Å². The number of rotatable bonds is 5. The van der Waals surface area contributed by atoms with Crippen molar-refractivity contribution in [2.45, 2.75) is 23.9 Å². The molecule has 0 saturated carbocycles. The molecule has 1 aliphatic rings. The lowest BCUT2D eigenvalue weighted by Crippen LogP contribution is -2.37. The van der Waals surface area contributed by atoms with Crippen LogP contribution in [-0.2, 0) is 10.0 Å². The number of aromatic nitrogens is 1. The molecule has 10 heteroatoms. The third kappa shape index (κ3) is 4.10. The maximum absolute atomic E-state index is 11.9. The third-order valence-electron chi connectivity index (χ3n) is 2.89. The predicted molar refractivity (Wildman–Crippen MR) is 74.4 cm³/mol. The molecule has 0 aromatic carbocycles. The molecule has 2 rings (SSSR count). The molecule has 0 spiro atoms. The summed E-state index contributed by atoms with van der Waals surface area (Å²) in [4.78, 5) is 13.4. The Morgan fingerprint density at radius 3 is 2.75 bits per heavy atom. The summed E-state index contributed by atoms with van der Waals surface area (Å²) in [7, 11) is -3.71. The molecule has 1 aromatic heterocycles. The van der Waals surface area contributed by atoms with E-state index in [2.05, 4.69) is 15.0 Å². The first-order valence-electron chi connectivity index (χ1n) is 5.82.